The molecule has 0 saturated carbocycles. The van der Waals surface area contributed by atoms with Crippen LogP contribution in [0.25, 0.3) is 0 Å². The van der Waals surface area contributed by atoms with Crippen molar-refractivity contribution < 1.29 is 13.5 Å². The van der Waals surface area contributed by atoms with Gasteiger partial charge in [-0.15, -0.1) is 0 Å². The Morgan fingerprint density at radius 1 is 1.10 bits per heavy atom. The summed E-state index contributed by atoms with van der Waals surface area (Å²) < 4.78 is 32.2. The normalized spacial score (nSPS) is 20.8. The molecule has 104 valence electrons. The van der Waals surface area contributed by atoms with Gasteiger partial charge in [0.15, 0.2) is 0 Å². The zero-order valence-corrected chi connectivity index (χ0v) is 11.1. The molecule has 0 radical (unpaired) electrons. The topological polar surface area (TPSA) is 21.3 Å². The van der Waals surface area contributed by atoms with Crippen molar-refractivity contribution in [3.05, 3.63) is 65.2 Å². The molecule has 0 aromatic heterocycles. The molecule has 2 aromatic rings. The van der Waals surface area contributed by atoms with Gasteiger partial charge in [0.2, 0.25) is 0 Å². The Labute approximate surface area is 116 Å². The summed E-state index contributed by atoms with van der Waals surface area (Å²) in [4.78, 5) is 0. The molecule has 4 heteroatoms. The summed E-state index contributed by atoms with van der Waals surface area (Å²) in [6, 6.07) is 11.3. The fourth-order valence-electron chi connectivity index (χ4n) is 2.78. The standard InChI is InChI=1S/C16H15F2NO/c1-19-16-14-5-3-2-4-10(14)6-15(16)20-13-8-11(17)7-12(18)9-13/h2-5,7-9,15-16,19H,6H2,1H3. The number of hydrogen-bond acceptors (Lipinski definition) is 2. The molecule has 2 nitrogen and oxygen atoms in total. The van der Waals surface area contributed by atoms with Crippen LogP contribution in [0.2, 0.25) is 0 Å². The van der Waals surface area contributed by atoms with Gasteiger partial charge in [0, 0.05) is 24.6 Å². The van der Waals surface area contributed by atoms with Crippen LogP contribution in [0.15, 0.2) is 42.5 Å². The van der Waals surface area contributed by atoms with Gasteiger partial charge >= 0.3 is 0 Å². The van der Waals surface area contributed by atoms with Gasteiger partial charge in [0.25, 0.3) is 0 Å². The third kappa shape index (κ3) is 2.39. The maximum atomic E-state index is 13.2. The largest absolute Gasteiger partial charge is 0.488 e. The molecule has 0 aliphatic heterocycles. The van der Waals surface area contributed by atoms with Gasteiger partial charge in [-0.2, -0.15) is 0 Å². The quantitative estimate of drug-likeness (QED) is 0.928. The summed E-state index contributed by atoms with van der Waals surface area (Å²) in [7, 11) is 1.86. The first-order valence-corrected chi connectivity index (χ1v) is 6.55. The fraction of sp³-hybridized carbons (Fsp3) is 0.250. The van der Waals surface area contributed by atoms with Crippen molar-refractivity contribution >= 4 is 0 Å². The average molecular weight is 275 g/mol. The molecule has 20 heavy (non-hydrogen) atoms. The van der Waals surface area contributed by atoms with E-state index in [-0.39, 0.29) is 17.9 Å². The van der Waals surface area contributed by atoms with E-state index in [2.05, 4.69) is 11.4 Å². The number of ether oxygens (including phenoxy) is 1. The van der Waals surface area contributed by atoms with E-state index >= 15 is 0 Å². The second kappa shape index (κ2) is 5.21. The molecule has 0 spiro atoms. The molecule has 0 bridgehead atoms. The highest BCUT2D eigenvalue weighted by molar-refractivity contribution is 5.37. The maximum absolute atomic E-state index is 13.2. The van der Waals surface area contributed by atoms with Gasteiger partial charge in [0.1, 0.15) is 23.5 Å². The lowest BCUT2D eigenvalue weighted by atomic mass is 10.1. The van der Waals surface area contributed by atoms with E-state index in [0.29, 0.717) is 0 Å². The van der Waals surface area contributed by atoms with Crippen molar-refractivity contribution in [2.45, 2.75) is 18.6 Å². The number of rotatable bonds is 3. The van der Waals surface area contributed by atoms with Crippen LogP contribution < -0.4 is 10.1 Å². The Morgan fingerprint density at radius 3 is 2.50 bits per heavy atom. The van der Waals surface area contributed by atoms with Crippen LogP contribution in [0.1, 0.15) is 17.2 Å². The molecule has 2 atom stereocenters. The molecular formula is C16H15F2NO. The van der Waals surface area contributed by atoms with Crippen LogP contribution in [0, 0.1) is 11.6 Å². The Morgan fingerprint density at radius 2 is 1.80 bits per heavy atom. The Hall–Kier alpha value is -1.94. The van der Waals surface area contributed by atoms with Gasteiger partial charge in [-0.1, -0.05) is 24.3 Å². The van der Waals surface area contributed by atoms with E-state index in [9.17, 15) is 8.78 Å². The van der Waals surface area contributed by atoms with Crippen molar-refractivity contribution in [2.75, 3.05) is 7.05 Å². The third-order valence-electron chi connectivity index (χ3n) is 3.62. The summed E-state index contributed by atoms with van der Waals surface area (Å²) in [5.41, 5.74) is 2.38. The molecule has 1 aliphatic carbocycles. The van der Waals surface area contributed by atoms with Gasteiger partial charge in [-0.3, -0.25) is 0 Å². The molecule has 1 aliphatic rings. The lowest BCUT2D eigenvalue weighted by molar-refractivity contribution is 0.170. The van der Waals surface area contributed by atoms with Crippen molar-refractivity contribution in [1.29, 1.82) is 0 Å². The SMILES string of the molecule is CNC1c2ccccc2CC1Oc1cc(F)cc(F)c1. The monoisotopic (exact) mass is 275 g/mol. The first kappa shape index (κ1) is 13.1. The first-order chi connectivity index (χ1) is 9.67. The van der Waals surface area contributed by atoms with Crippen molar-refractivity contribution in [3.63, 3.8) is 0 Å². The van der Waals surface area contributed by atoms with E-state index in [0.717, 1.165) is 12.5 Å². The second-order valence-electron chi connectivity index (χ2n) is 4.93. The highest BCUT2D eigenvalue weighted by Gasteiger charge is 2.32. The van der Waals surface area contributed by atoms with E-state index in [1.54, 1.807) is 0 Å². The van der Waals surface area contributed by atoms with Crippen molar-refractivity contribution in [3.8, 4) is 5.75 Å². The predicted octanol–water partition coefficient (Wildman–Crippen LogP) is 3.23. The number of fused-ring (bicyclic) bond motifs is 1. The van der Waals surface area contributed by atoms with Crippen LogP contribution in [0.5, 0.6) is 5.75 Å². The summed E-state index contributed by atoms with van der Waals surface area (Å²) in [5.74, 6) is -1.03. The number of halogens is 2. The maximum Gasteiger partial charge on any atom is 0.129 e. The zero-order valence-electron chi connectivity index (χ0n) is 11.1. The minimum Gasteiger partial charge on any atom is -0.488 e. The van der Waals surface area contributed by atoms with Crippen LogP contribution >= 0.6 is 0 Å². The summed E-state index contributed by atoms with van der Waals surface area (Å²) in [6.07, 6.45) is 0.554. The summed E-state index contributed by atoms with van der Waals surface area (Å²) >= 11 is 0. The van der Waals surface area contributed by atoms with E-state index in [4.69, 9.17) is 4.74 Å². The predicted molar refractivity (Wildman–Crippen MR) is 72.7 cm³/mol. The Bertz CT molecular complexity index is 609. The van der Waals surface area contributed by atoms with Gasteiger partial charge in [-0.05, 0) is 18.2 Å². The minimum absolute atomic E-state index is 0.0255. The van der Waals surface area contributed by atoms with Crippen LogP contribution in [-0.4, -0.2) is 13.2 Å². The smallest absolute Gasteiger partial charge is 0.129 e. The molecular weight excluding hydrogens is 260 g/mol. The third-order valence-corrected chi connectivity index (χ3v) is 3.62. The summed E-state index contributed by atoms with van der Waals surface area (Å²) in [6.45, 7) is 0. The molecule has 0 amide bonds. The first-order valence-electron chi connectivity index (χ1n) is 6.55. The lowest BCUT2D eigenvalue weighted by Gasteiger charge is -2.21. The minimum atomic E-state index is -0.628. The second-order valence-corrected chi connectivity index (χ2v) is 4.93. The van der Waals surface area contributed by atoms with Crippen LogP contribution in [-0.2, 0) is 6.42 Å². The molecule has 0 heterocycles. The Kier molecular flexibility index (Phi) is 3.40. The molecule has 0 saturated heterocycles. The molecule has 1 N–H and O–H groups in total. The van der Waals surface area contributed by atoms with Crippen molar-refractivity contribution in [2.24, 2.45) is 0 Å². The number of likely N-dealkylation sites (N-methyl/N-ethyl adjacent to an activating group) is 1. The zero-order chi connectivity index (χ0) is 14.1. The highest BCUT2D eigenvalue weighted by Crippen LogP contribution is 2.34. The van der Waals surface area contributed by atoms with E-state index < -0.39 is 11.6 Å². The van der Waals surface area contributed by atoms with Crippen LogP contribution in [0.3, 0.4) is 0 Å². The fourth-order valence-corrected chi connectivity index (χ4v) is 2.78. The molecule has 0 fully saturated rings. The van der Waals surface area contributed by atoms with Crippen molar-refractivity contribution in [1.82, 2.24) is 5.32 Å². The van der Waals surface area contributed by atoms with Gasteiger partial charge < -0.3 is 10.1 Å². The van der Waals surface area contributed by atoms with E-state index in [1.807, 2.05) is 25.2 Å². The lowest BCUT2D eigenvalue weighted by Crippen LogP contribution is -2.30. The Balaban J connectivity index is 1.85. The highest BCUT2D eigenvalue weighted by atomic mass is 19.1. The van der Waals surface area contributed by atoms with E-state index in [1.165, 1.54) is 23.3 Å². The molecule has 2 aromatic carbocycles. The molecule has 2 unspecified atom stereocenters. The number of nitrogens with one attached hydrogen (secondary N) is 1. The number of benzene rings is 2. The molecule has 3 rings (SSSR count). The van der Waals surface area contributed by atoms with Crippen LogP contribution in [0.4, 0.5) is 8.78 Å². The van der Waals surface area contributed by atoms with Gasteiger partial charge in [-0.25, -0.2) is 8.78 Å². The van der Waals surface area contributed by atoms with Gasteiger partial charge in [0.05, 0.1) is 6.04 Å². The average Bonchev–Trinajstić information content (AvgIpc) is 2.74. The number of hydrogen-bond donors (Lipinski definition) is 1. The summed E-state index contributed by atoms with van der Waals surface area (Å²) in [5, 5.41) is 3.21.